The maximum absolute atomic E-state index is 13.2. The molecule has 4 rings (SSSR count). The zero-order chi connectivity index (χ0) is 25.2. The maximum Gasteiger partial charge on any atom is 0.263 e. The van der Waals surface area contributed by atoms with Crippen molar-refractivity contribution >= 4 is 11.8 Å². The normalized spacial score (nSPS) is 21.0. The summed E-state index contributed by atoms with van der Waals surface area (Å²) in [6, 6.07) is 11.4. The third kappa shape index (κ3) is 5.29. The predicted octanol–water partition coefficient (Wildman–Crippen LogP) is 3.57. The van der Waals surface area contributed by atoms with Crippen molar-refractivity contribution in [3.8, 4) is 5.75 Å². The number of likely N-dealkylation sites (N-methyl/N-ethyl adjacent to an activating group) is 1. The molecular formula is C28H37N3O4. The van der Waals surface area contributed by atoms with Crippen molar-refractivity contribution in [2.75, 3.05) is 26.7 Å². The number of fused-ring (bicyclic) bond motifs is 1. The second-order valence-electron chi connectivity index (χ2n) is 10.3. The number of likely N-dealkylation sites (tertiary alicyclic amines) is 1. The van der Waals surface area contributed by atoms with E-state index < -0.39 is 6.10 Å². The Labute approximate surface area is 207 Å². The summed E-state index contributed by atoms with van der Waals surface area (Å²) in [5, 5.41) is 0. The molecule has 0 saturated carbocycles. The highest BCUT2D eigenvalue weighted by Crippen LogP contribution is 2.38. The molecule has 0 aliphatic carbocycles. The van der Waals surface area contributed by atoms with Gasteiger partial charge in [-0.3, -0.25) is 14.4 Å². The van der Waals surface area contributed by atoms with Gasteiger partial charge in [0.15, 0.2) is 6.10 Å². The number of pyridine rings is 1. The Morgan fingerprint density at radius 1 is 1.00 bits per heavy atom. The fourth-order valence-corrected chi connectivity index (χ4v) is 5.51. The summed E-state index contributed by atoms with van der Waals surface area (Å²) >= 11 is 0. The van der Waals surface area contributed by atoms with Crippen LogP contribution in [0, 0.1) is 12.3 Å². The lowest BCUT2D eigenvalue weighted by atomic mass is 9.73. The summed E-state index contributed by atoms with van der Waals surface area (Å²) in [6.07, 6.45) is 5.11. The molecule has 1 atom stereocenters. The molecule has 35 heavy (non-hydrogen) atoms. The zero-order valence-electron chi connectivity index (χ0n) is 21.4. The molecule has 0 bridgehead atoms. The van der Waals surface area contributed by atoms with Crippen molar-refractivity contribution in [1.29, 1.82) is 0 Å². The summed E-state index contributed by atoms with van der Waals surface area (Å²) in [7, 11) is 3.55. The molecule has 2 aromatic rings. The lowest BCUT2D eigenvalue weighted by Gasteiger charge is -2.44. The number of rotatable bonds is 1. The van der Waals surface area contributed by atoms with Gasteiger partial charge in [-0.15, -0.1) is 0 Å². The van der Waals surface area contributed by atoms with Crippen LogP contribution in [0.1, 0.15) is 60.6 Å². The molecule has 3 heterocycles. The van der Waals surface area contributed by atoms with E-state index >= 15 is 0 Å². The van der Waals surface area contributed by atoms with Crippen LogP contribution in [0.5, 0.6) is 5.75 Å². The lowest BCUT2D eigenvalue weighted by Crippen LogP contribution is -2.50. The maximum atomic E-state index is 13.2. The minimum Gasteiger partial charge on any atom is -0.481 e. The minimum absolute atomic E-state index is 0.0265. The molecule has 7 nitrogen and oxygen atoms in total. The van der Waals surface area contributed by atoms with E-state index in [1.165, 1.54) is 4.57 Å². The second kappa shape index (κ2) is 10.3. The van der Waals surface area contributed by atoms with Crippen LogP contribution in [0.4, 0.5) is 0 Å². The Kier molecular flexibility index (Phi) is 7.33. The number of carbonyl (C=O) groups excluding carboxylic acids is 2. The zero-order valence-corrected chi connectivity index (χ0v) is 21.4. The number of benzene rings is 1. The molecule has 1 aromatic carbocycles. The first kappa shape index (κ1) is 25.0. The number of piperidine rings is 1. The highest BCUT2D eigenvalue weighted by molar-refractivity contribution is 5.94. The Balaban J connectivity index is 1.49. The summed E-state index contributed by atoms with van der Waals surface area (Å²) in [5.74, 6) is 0.573. The monoisotopic (exact) mass is 479 g/mol. The number of aryl methyl sites for hydroxylation is 2. The third-order valence-electron chi connectivity index (χ3n) is 7.87. The Hall–Kier alpha value is -3.09. The molecule has 1 aromatic heterocycles. The van der Waals surface area contributed by atoms with Crippen molar-refractivity contribution < 1.29 is 14.3 Å². The standard InChI is InChI=1S/C28H37N3O4/c1-20-12-13-23(26(33)30(20)4)27(34)31-17-15-28(16-18-31)14-8-7-10-22-9-5-6-11-24(22)35-21(2)25(32)29(3)19-28/h5-6,9,11-13,21H,7-8,10,14-19H2,1-4H3/t21-/m1/s1. The molecule has 2 aliphatic rings. The van der Waals surface area contributed by atoms with E-state index in [1.54, 1.807) is 18.0 Å². The molecule has 0 unspecified atom stereocenters. The third-order valence-corrected chi connectivity index (χ3v) is 7.87. The molecule has 1 fully saturated rings. The molecule has 188 valence electrons. The van der Waals surface area contributed by atoms with Gasteiger partial charge in [-0.05, 0) is 75.1 Å². The van der Waals surface area contributed by atoms with Gasteiger partial charge < -0.3 is 19.1 Å². The highest BCUT2D eigenvalue weighted by atomic mass is 16.5. The molecular weight excluding hydrogens is 442 g/mol. The van der Waals surface area contributed by atoms with Gasteiger partial charge in [0.1, 0.15) is 11.3 Å². The van der Waals surface area contributed by atoms with Gasteiger partial charge >= 0.3 is 0 Å². The van der Waals surface area contributed by atoms with Crippen LogP contribution in [-0.4, -0.2) is 59.0 Å². The summed E-state index contributed by atoms with van der Waals surface area (Å²) in [5.41, 5.74) is 1.90. The van der Waals surface area contributed by atoms with E-state index in [2.05, 4.69) is 6.07 Å². The number of nitrogens with zero attached hydrogens (tertiary/aromatic N) is 3. The molecule has 2 aliphatic heterocycles. The second-order valence-corrected chi connectivity index (χ2v) is 10.3. The van der Waals surface area contributed by atoms with E-state index in [9.17, 15) is 14.4 Å². The first-order valence-electron chi connectivity index (χ1n) is 12.7. The van der Waals surface area contributed by atoms with Crippen LogP contribution in [0.25, 0.3) is 0 Å². The van der Waals surface area contributed by atoms with Gasteiger partial charge in [-0.1, -0.05) is 24.6 Å². The van der Waals surface area contributed by atoms with Gasteiger partial charge in [0.05, 0.1) is 0 Å². The summed E-state index contributed by atoms with van der Waals surface area (Å²) in [4.78, 5) is 42.6. The first-order valence-corrected chi connectivity index (χ1v) is 12.7. The van der Waals surface area contributed by atoms with E-state index in [1.807, 2.05) is 50.1 Å². The van der Waals surface area contributed by atoms with Crippen LogP contribution in [0.2, 0.25) is 0 Å². The molecule has 1 saturated heterocycles. The smallest absolute Gasteiger partial charge is 0.263 e. The SMILES string of the molecule is Cc1ccc(C(=O)N2CCC3(CCCCc4ccccc4O[C@H](C)C(=O)N(C)C3)CC2)c(=O)n1C. The average molecular weight is 480 g/mol. The quantitative estimate of drug-likeness (QED) is 0.627. The van der Waals surface area contributed by atoms with Gasteiger partial charge in [0.2, 0.25) is 0 Å². The van der Waals surface area contributed by atoms with Gasteiger partial charge in [-0.2, -0.15) is 0 Å². The van der Waals surface area contributed by atoms with E-state index in [4.69, 9.17) is 4.74 Å². The molecule has 0 radical (unpaired) electrons. The van der Waals surface area contributed by atoms with Crippen LogP contribution in [-0.2, 0) is 18.3 Å². The van der Waals surface area contributed by atoms with E-state index in [0.717, 1.165) is 55.5 Å². The Bertz CT molecular complexity index is 1150. The van der Waals surface area contributed by atoms with Crippen LogP contribution in [0.3, 0.4) is 0 Å². The average Bonchev–Trinajstić information content (AvgIpc) is 2.85. The van der Waals surface area contributed by atoms with Crippen molar-refractivity contribution in [3.05, 3.63) is 63.6 Å². The van der Waals surface area contributed by atoms with Gasteiger partial charge in [-0.25, -0.2) is 0 Å². The number of carbonyl (C=O) groups is 2. The van der Waals surface area contributed by atoms with Crippen molar-refractivity contribution in [2.45, 2.75) is 58.5 Å². The molecule has 1 spiro atoms. The topological polar surface area (TPSA) is 71.8 Å². The number of hydrogen-bond acceptors (Lipinski definition) is 4. The van der Waals surface area contributed by atoms with Crippen molar-refractivity contribution in [3.63, 3.8) is 0 Å². The van der Waals surface area contributed by atoms with E-state index in [-0.39, 0.29) is 28.4 Å². The van der Waals surface area contributed by atoms with Gasteiger partial charge in [0.25, 0.3) is 17.4 Å². The van der Waals surface area contributed by atoms with Crippen LogP contribution >= 0.6 is 0 Å². The van der Waals surface area contributed by atoms with Crippen LogP contribution < -0.4 is 10.3 Å². The van der Waals surface area contributed by atoms with Crippen molar-refractivity contribution in [2.24, 2.45) is 12.5 Å². The van der Waals surface area contributed by atoms with E-state index in [0.29, 0.717) is 19.6 Å². The Morgan fingerprint density at radius 2 is 1.71 bits per heavy atom. The molecule has 2 amide bonds. The lowest BCUT2D eigenvalue weighted by molar-refractivity contribution is -0.138. The highest BCUT2D eigenvalue weighted by Gasteiger charge is 2.38. The van der Waals surface area contributed by atoms with Crippen molar-refractivity contribution in [1.82, 2.24) is 14.4 Å². The largest absolute Gasteiger partial charge is 0.481 e. The molecule has 0 N–H and O–H groups in total. The van der Waals surface area contributed by atoms with Crippen LogP contribution in [0.15, 0.2) is 41.2 Å². The molecule has 7 heteroatoms. The summed E-state index contributed by atoms with van der Waals surface area (Å²) in [6.45, 7) is 5.50. The summed E-state index contributed by atoms with van der Waals surface area (Å²) < 4.78 is 7.60. The predicted molar refractivity (Wildman–Crippen MR) is 136 cm³/mol. The number of aromatic nitrogens is 1. The Morgan fingerprint density at radius 3 is 2.46 bits per heavy atom. The fourth-order valence-electron chi connectivity index (χ4n) is 5.51. The fraction of sp³-hybridized carbons (Fsp3) is 0.536. The minimum atomic E-state index is -0.558. The van der Waals surface area contributed by atoms with Gasteiger partial charge in [0, 0.05) is 39.4 Å². The number of para-hydroxylation sites is 1. The number of hydrogen-bond donors (Lipinski definition) is 0. The first-order chi connectivity index (χ1) is 16.7. The number of amides is 2. The number of ether oxygens (including phenoxy) is 1.